The largest absolute Gasteiger partial charge is 0.445 e. The number of hydrogen-bond acceptors (Lipinski definition) is 7. The lowest BCUT2D eigenvalue weighted by Gasteiger charge is -2.18. The molecule has 2 aromatic rings. The van der Waals surface area contributed by atoms with Gasteiger partial charge < -0.3 is 15.4 Å². The van der Waals surface area contributed by atoms with Gasteiger partial charge in [-0.15, -0.1) is 11.3 Å². The van der Waals surface area contributed by atoms with E-state index in [4.69, 9.17) is 10.00 Å². The Kier molecular flexibility index (Phi) is 8.84. The number of ether oxygens (including phenoxy) is 1. The van der Waals surface area contributed by atoms with Crippen molar-refractivity contribution < 1.29 is 14.3 Å². The molecule has 0 aliphatic rings. The van der Waals surface area contributed by atoms with E-state index in [-0.39, 0.29) is 19.1 Å². The zero-order valence-electron chi connectivity index (χ0n) is 17.0. The van der Waals surface area contributed by atoms with E-state index in [1.165, 1.54) is 17.4 Å². The maximum absolute atomic E-state index is 12.3. The van der Waals surface area contributed by atoms with Crippen molar-refractivity contribution in [1.29, 1.82) is 5.26 Å². The third kappa shape index (κ3) is 7.22. The van der Waals surface area contributed by atoms with Crippen molar-refractivity contribution in [2.75, 3.05) is 23.8 Å². The number of thiazole rings is 1. The first-order valence-electron chi connectivity index (χ1n) is 9.44. The van der Waals surface area contributed by atoms with Gasteiger partial charge in [0, 0.05) is 16.6 Å². The number of rotatable bonds is 10. The Morgan fingerprint density at radius 2 is 2.20 bits per heavy atom. The van der Waals surface area contributed by atoms with E-state index >= 15 is 0 Å². The molecule has 8 nitrogen and oxygen atoms in total. The van der Waals surface area contributed by atoms with Crippen LogP contribution in [0, 0.1) is 17.2 Å². The maximum atomic E-state index is 12.3. The molecule has 9 heteroatoms. The number of nitrogens with one attached hydrogen (secondary N) is 3. The van der Waals surface area contributed by atoms with E-state index in [0.29, 0.717) is 28.9 Å². The highest BCUT2D eigenvalue weighted by atomic mass is 32.1. The smallest absolute Gasteiger partial charge is 0.411 e. The molecule has 0 saturated carbocycles. The van der Waals surface area contributed by atoms with Crippen molar-refractivity contribution in [3.8, 4) is 17.3 Å². The van der Waals surface area contributed by atoms with Crippen molar-refractivity contribution in [3.63, 3.8) is 0 Å². The normalized spacial score (nSPS) is 11.3. The summed E-state index contributed by atoms with van der Waals surface area (Å²) in [5.74, 6) is 0.0598. The lowest BCUT2D eigenvalue weighted by atomic mass is 10.0. The first-order valence-corrected chi connectivity index (χ1v) is 10.3. The van der Waals surface area contributed by atoms with Crippen molar-refractivity contribution in [3.05, 3.63) is 42.3 Å². The fourth-order valence-electron chi connectivity index (χ4n) is 2.62. The van der Waals surface area contributed by atoms with Crippen LogP contribution in [0.2, 0.25) is 0 Å². The molecule has 1 heterocycles. The van der Waals surface area contributed by atoms with Gasteiger partial charge in [-0.2, -0.15) is 5.26 Å². The summed E-state index contributed by atoms with van der Waals surface area (Å²) in [5, 5.41) is 19.6. The average molecular weight is 428 g/mol. The van der Waals surface area contributed by atoms with Crippen molar-refractivity contribution in [1.82, 2.24) is 10.3 Å². The molecule has 1 atom stereocenters. The molecule has 2 rings (SSSR count). The highest BCUT2D eigenvalue weighted by Gasteiger charge is 2.20. The predicted molar refractivity (Wildman–Crippen MR) is 118 cm³/mol. The van der Waals surface area contributed by atoms with Crippen LogP contribution in [-0.4, -0.2) is 36.2 Å². The monoisotopic (exact) mass is 427 g/mol. The molecule has 3 N–H and O–H groups in total. The van der Waals surface area contributed by atoms with Gasteiger partial charge in [-0.1, -0.05) is 38.6 Å². The van der Waals surface area contributed by atoms with Gasteiger partial charge >= 0.3 is 6.09 Å². The summed E-state index contributed by atoms with van der Waals surface area (Å²) in [6, 6.07) is 8.66. The summed E-state index contributed by atoms with van der Waals surface area (Å²) >= 11 is 1.38. The van der Waals surface area contributed by atoms with E-state index < -0.39 is 12.1 Å². The maximum Gasteiger partial charge on any atom is 0.411 e. The number of nitriles is 1. The molecule has 0 bridgehead atoms. The van der Waals surface area contributed by atoms with Crippen molar-refractivity contribution in [2.24, 2.45) is 5.92 Å². The average Bonchev–Trinajstić information content (AvgIpc) is 3.18. The molecule has 158 valence electrons. The minimum atomic E-state index is -0.562. The van der Waals surface area contributed by atoms with Gasteiger partial charge in [-0.3, -0.25) is 10.1 Å². The minimum absolute atomic E-state index is 0.0345. The zero-order valence-corrected chi connectivity index (χ0v) is 17.8. The van der Waals surface area contributed by atoms with Crippen molar-refractivity contribution in [2.45, 2.75) is 26.3 Å². The van der Waals surface area contributed by atoms with Crippen LogP contribution in [0.1, 0.15) is 20.3 Å². The third-order valence-electron chi connectivity index (χ3n) is 3.90. The quantitative estimate of drug-likeness (QED) is 0.390. The molecule has 0 aliphatic heterocycles. The predicted octanol–water partition coefficient (Wildman–Crippen LogP) is 4.01. The molecule has 1 aromatic heterocycles. The minimum Gasteiger partial charge on any atom is -0.445 e. The van der Waals surface area contributed by atoms with Gasteiger partial charge in [0.1, 0.15) is 19.2 Å². The van der Waals surface area contributed by atoms with Gasteiger partial charge in [0.15, 0.2) is 5.13 Å². The van der Waals surface area contributed by atoms with Gasteiger partial charge in [0.05, 0.1) is 11.8 Å². The molecule has 0 radical (unpaired) electrons. The molecular formula is C21H25N5O3S. The Morgan fingerprint density at radius 3 is 2.90 bits per heavy atom. The molecule has 0 spiro atoms. The second-order valence-corrected chi connectivity index (χ2v) is 7.69. The molecule has 0 fully saturated rings. The number of aromatic nitrogens is 1. The lowest BCUT2D eigenvalue weighted by Crippen LogP contribution is -2.40. The molecule has 0 aliphatic carbocycles. The zero-order chi connectivity index (χ0) is 21.9. The Morgan fingerprint density at radius 1 is 1.40 bits per heavy atom. The summed E-state index contributed by atoms with van der Waals surface area (Å²) in [4.78, 5) is 28.6. The van der Waals surface area contributed by atoms with E-state index in [1.54, 1.807) is 12.1 Å². The Labute approximate surface area is 180 Å². The highest BCUT2D eigenvalue weighted by molar-refractivity contribution is 7.14. The van der Waals surface area contributed by atoms with Crippen LogP contribution in [0.4, 0.5) is 15.6 Å². The molecule has 1 aromatic carbocycles. The second-order valence-electron chi connectivity index (χ2n) is 6.83. The number of hydrogen-bond donors (Lipinski definition) is 3. The summed E-state index contributed by atoms with van der Waals surface area (Å²) in [6.07, 6.45) is 1.54. The topological polar surface area (TPSA) is 116 Å². The molecular weight excluding hydrogens is 402 g/mol. The standard InChI is InChI=1S/C21H25N5O3S/c1-4-10-29-21(28)24-16-7-5-6-15(12-16)18-13-30-20(26-18)25-17(11-14(2)3)19(27)23-9-8-22/h4-7,12-14,17H,1,9-11H2,2-3H3,(H,23,27)(H,24,28)(H,25,26). The van der Waals surface area contributed by atoms with Gasteiger partial charge in [-0.25, -0.2) is 9.78 Å². The van der Waals surface area contributed by atoms with E-state index in [2.05, 4.69) is 27.5 Å². The van der Waals surface area contributed by atoms with Gasteiger partial charge in [-0.05, 0) is 24.5 Å². The molecule has 1 unspecified atom stereocenters. The summed E-state index contributed by atoms with van der Waals surface area (Å²) in [7, 11) is 0. The van der Waals surface area contributed by atoms with Gasteiger partial charge in [0.2, 0.25) is 5.91 Å². The number of anilines is 2. The molecule has 0 saturated heterocycles. The number of nitrogens with zero attached hydrogens (tertiary/aromatic N) is 2. The van der Waals surface area contributed by atoms with Crippen molar-refractivity contribution >= 4 is 34.2 Å². The van der Waals surface area contributed by atoms with E-state index in [9.17, 15) is 9.59 Å². The first-order chi connectivity index (χ1) is 14.4. The summed E-state index contributed by atoms with van der Waals surface area (Å²) < 4.78 is 4.92. The van der Waals surface area contributed by atoms with Crippen LogP contribution < -0.4 is 16.0 Å². The van der Waals surface area contributed by atoms with Gasteiger partial charge in [0.25, 0.3) is 0 Å². The fourth-order valence-corrected chi connectivity index (χ4v) is 3.39. The first kappa shape index (κ1) is 22.9. The SMILES string of the molecule is C=CCOC(=O)Nc1cccc(-c2csc(NC(CC(C)C)C(=O)NCC#N)n2)c1. The van der Waals surface area contributed by atoms with Crippen LogP contribution >= 0.6 is 11.3 Å². The molecule has 2 amide bonds. The van der Waals surface area contributed by atoms with Crippen LogP contribution in [0.3, 0.4) is 0 Å². The number of benzene rings is 1. The number of carbonyl (C=O) groups excluding carboxylic acids is 2. The number of amides is 2. The lowest BCUT2D eigenvalue weighted by molar-refractivity contribution is -0.121. The Bertz CT molecular complexity index is 919. The second kappa shape index (κ2) is 11.6. The third-order valence-corrected chi connectivity index (χ3v) is 4.68. The van der Waals surface area contributed by atoms with E-state index in [0.717, 1.165) is 5.56 Å². The molecule has 30 heavy (non-hydrogen) atoms. The summed E-state index contributed by atoms with van der Waals surface area (Å²) in [5.41, 5.74) is 2.11. The van der Waals surface area contributed by atoms with Crippen LogP contribution in [0.25, 0.3) is 11.3 Å². The Hall–Kier alpha value is -3.38. The van der Waals surface area contributed by atoms with Crippen LogP contribution in [0.15, 0.2) is 42.3 Å². The van der Waals surface area contributed by atoms with Crippen LogP contribution in [0.5, 0.6) is 0 Å². The highest BCUT2D eigenvalue weighted by Crippen LogP contribution is 2.27. The fraction of sp³-hybridized carbons (Fsp3) is 0.333. The number of carbonyl (C=O) groups is 2. The van der Waals surface area contributed by atoms with E-state index in [1.807, 2.05) is 37.4 Å². The summed E-state index contributed by atoms with van der Waals surface area (Å²) in [6.45, 7) is 7.65. The Balaban J connectivity index is 2.10. The van der Waals surface area contributed by atoms with Crippen LogP contribution in [-0.2, 0) is 9.53 Å².